The number of esters is 1. The molecule has 1 aliphatic heterocycles. The smallest absolute Gasteiger partial charge is 0.306 e. The van der Waals surface area contributed by atoms with Crippen LogP contribution in [0, 0.1) is 0 Å². The van der Waals surface area contributed by atoms with E-state index in [-0.39, 0.29) is 31.3 Å². The molecule has 3 rings (SSSR count). The van der Waals surface area contributed by atoms with Crippen molar-refractivity contribution in [1.29, 1.82) is 0 Å². The van der Waals surface area contributed by atoms with Crippen molar-refractivity contribution in [1.82, 2.24) is 15.1 Å². The predicted octanol–water partition coefficient (Wildman–Crippen LogP) is 2.54. The molecule has 0 radical (unpaired) electrons. The summed E-state index contributed by atoms with van der Waals surface area (Å²) < 4.78 is 4.86. The molecule has 1 aromatic carbocycles. The summed E-state index contributed by atoms with van der Waals surface area (Å²) >= 11 is 1.28. The zero-order valence-electron chi connectivity index (χ0n) is 18.0. The van der Waals surface area contributed by atoms with Crippen LogP contribution in [0.4, 0.5) is 10.8 Å². The third-order valence-electron chi connectivity index (χ3n) is 5.01. The Bertz CT molecular complexity index is 928. The third kappa shape index (κ3) is 5.78. The van der Waals surface area contributed by atoms with Crippen LogP contribution in [0.1, 0.15) is 32.6 Å². The second-order valence-corrected chi connectivity index (χ2v) is 8.37. The highest BCUT2D eigenvalue weighted by molar-refractivity contribution is 7.18. The van der Waals surface area contributed by atoms with Crippen molar-refractivity contribution < 1.29 is 19.1 Å². The number of nitrogens with zero attached hydrogens (tertiary/aromatic N) is 4. The molecule has 1 unspecified atom stereocenters. The summed E-state index contributed by atoms with van der Waals surface area (Å²) in [5.74, 6) is -0.909. The molecule has 2 aromatic rings. The van der Waals surface area contributed by atoms with Gasteiger partial charge in [-0.2, -0.15) is 0 Å². The van der Waals surface area contributed by atoms with Gasteiger partial charge in [-0.3, -0.25) is 19.7 Å². The number of aromatic nitrogens is 2. The van der Waals surface area contributed by atoms with E-state index >= 15 is 0 Å². The van der Waals surface area contributed by atoms with E-state index in [0.717, 1.165) is 17.7 Å². The standard InChI is InChI=1S/C21H27N5O4S/c1-4-30-18(28)12-11-17(27)26-13-5-6-16(26)19(29)22-21-24-23-20(31-21)14-7-9-15(10-8-14)25(2)3/h7-10,16H,4-6,11-13H2,1-3H3,(H,22,24,29). The van der Waals surface area contributed by atoms with Crippen LogP contribution < -0.4 is 10.2 Å². The lowest BCUT2D eigenvalue weighted by Gasteiger charge is -2.23. The summed E-state index contributed by atoms with van der Waals surface area (Å²) in [6, 6.07) is 7.34. The Morgan fingerprint density at radius 2 is 1.94 bits per heavy atom. The Hall–Kier alpha value is -3.01. The number of hydrogen-bond donors (Lipinski definition) is 1. The largest absolute Gasteiger partial charge is 0.466 e. The molecule has 0 saturated carbocycles. The van der Waals surface area contributed by atoms with Crippen molar-refractivity contribution in [2.75, 3.05) is 37.5 Å². The zero-order valence-corrected chi connectivity index (χ0v) is 18.8. The lowest BCUT2D eigenvalue weighted by Crippen LogP contribution is -2.43. The Kier molecular flexibility index (Phi) is 7.56. The van der Waals surface area contributed by atoms with E-state index in [9.17, 15) is 14.4 Å². The van der Waals surface area contributed by atoms with Crippen molar-refractivity contribution >= 4 is 39.9 Å². The van der Waals surface area contributed by atoms with Crippen molar-refractivity contribution in [2.24, 2.45) is 0 Å². The summed E-state index contributed by atoms with van der Waals surface area (Å²) in [7, 11) is 3.95. The molecule has 31 heavy (non-hydrogen) atoms. The van der Waals surface area contributed by atoms with Crippen LogP contribution >= 0.6 is 11.3 Å². The monoisotopic (exact) mass is 445 g/mol. The number of nitrogens with one attached hydrogen (secondary N) is 1. The fourth-order valence-corrected chi connectivity index (χ4v) is 4.16. The first kappa shape index (κ1) is 22.7. The van der Waals surface area contributed by atoms with Gasteiger partial charge in [0.2, 0.25) is 16.9 Å². The van der Waals surface area contributed by atoms with E-state index in [1.54, 1.807) is 6.92 Å². The van der Waals surface area contributed by atoms with E-state index in [4.69, 9.17) is 4.74 Å². The highest BCUT2D eigenvalue weighted by Gasteiger charge is 2.34. The number of carbonyl (C=O) groups is 3. The normalized spacial score (nSPS) is 15.6. The molecule has 1 aromatic heterocycles. The summed E-state index contributed by atoms with van der Waals surface area (Å²) in [4.78, 5) is 40.3. The SMILES string of the molecule is CCOC(=O)CCC(=O)N1CCCC1C(=O)Nc1nnc(-c2ccc(N(C)C)cc2)s1. The van der Waals surface area contributed by atoms with Crippen molar-refractivity contribution in [3.8, 4) is 10.6 Å². The average molecular weight is 446 g/mol. The minimum atomic E-state index is -0.568. The maximum absolute atomic E-state index is 12.8. The van der Waals surface area contributed by atoms with Crippen molar-refractivity contribution in [2.45, 2.75) is 38.6 Å². The van der Waals surface area contributed by atoms with Gasteiger partial charge in [-0.1, -0.05) is 11.3 Å². The van der Waals surface area contributed by atoms with E-state index in [0.29, 0.717) is 23.1 Å². The molecule has 1 fully saturated rings. The quantitative estimate of drug-likeness (QED) is 0.623. The van der Waals surface area contributed by atoms with Gasteiger partial charge in [-0.05, 0) is 44.0 Å². The van der Waals surface area contributed by atoms with Gasteiger partial charge in [0.05, 0.1) is 13.0 Å². The van der Waals surface area contributed by atoms with Gasteiger partial charge in [-0.25, -0.2) is 0 Å². The molecular weight excluding hydrogens is 418 g/mol. The van der Waals surface area contributed by atoms with Crippen molar-refractivity contribution in [3.63, 3.8) is 0 Å². The van der Waals surface area contributed by atoms with E-state index in [1.165, 1.54) is 16.2 Å². The van der Waals surface area contributed by atoms with Crippen LogP contribution in [0.15, 0.2) is 24.3 Å². The maximum Gasteiger partial charge on any atom is 0.306 e. The van der Waals surface area contributed by atoms with Crippen LogP contribution in [-0.4, -0.2) is 66.2 Å². The highest BCUT2D eigenvalue weighted by atomic mass is 32.1. The molecule has 10 heteroatoms. The molecule has 1 aliphatic rings. The van der Waals surface area contributed by atoms with E-state index in [1.807, 2.05) is 43.3 Å². The van der Waals surface area contributed by atoms with E-state index < -0.39 is 12.0 Å². The second-order valence-electron chi connectivity index (χ2n) is 7.39. The third-order valence-corrected chi connectivity index (χ3v) is 5.90. The first-order valence-corrected chi connectivity index (χ1v) is 11.1. The van der Waals surface area contributed by atoms with Crippen molar-refractivity contribution in [3.05, 3.63) is 24.3 Å². The first-order chi connectivity index (χ1) is 14.9. The number of amides is 2. The van der Waals surface area contributed by atoms with Crippen LogP contribution in [0.3, 0.4) is 0 Å². The van der Waals surface area contributed by atoms with Crippen LogP contribution in [-0.2, 0) is 19.1 Å². The molecule has 0 bridgehead atoms. The fourth-order valence-electron chi connectivity index (χ4n) is 3.40. The number of hydrogen-bond acceptors (Lipinski definition) is 8. The lowest BCUT2D eigenvalue weighted by molar-refractivity contribution is -0.146. The van der Waals surface area contributed by atoms with Gasteiger partial charge >= 0.3 is 5.97 Å². The van der Waals surface area contributed by atoms with Gasteiger partial charge in [0, 0.05) is 38.3 Å². The average Bonchev–Trinajstić information content (AvgIpc) is 3.42. The zero-order chi connectivity index (χ0) is 22.4. The fraction of sp³-hybridized carbons (Fsp3) is 0.476. The minimum absolute atomic E-state index is 0.0177. The van der Waals surface area contributed by atoms with Crippen LogP contribution in [0.5, 0.6) is 0 Å². The molecular formula is C21H27N5O4S. The molecule has 0 spiro atoms. The van der Waals surface area contributed by atoms with Gasteiger partial charge < -0.3 is 14.5 Å². The number of ether oxygens (including phenoxy) is 1. The minimum Gasteiger partial charge on any atom is -0.466 e. The number of benzene rings is 1. The van der Waals surface area contributed by atoms with Gasteiger partial charge in [0.1, 0.15) is 11.0 Å². The summed E-state index contributed by atoms with van der Waals surface area (Å²) in [6.45, 7) is 2.50. The summed E-state index contributed by atoms with van der Waals surface area (Å²) in [6.07, 6.45) is 1.37. The molecule has 1 N–H and O–H groups in total. The molecule has 1 atom stereocenters. The van der Waals surface area contributed by atoms with Gasteiger partial charge in [0.25, 0.3) is 0 Å². The number of anilines is 2. The molecule has 1 saturated heterocycles. The Morgan fingerprint density at radius 3 is 2.61 bits per heavy atom. The maximum atomic E-state index is 12.8. The van der Waals surface area contributed by atoms with Crippen LogP contribution in [0.2, 0.25) is 0 Å². The number of likely N-dealkylation sites (tertiary alicyclic amines) is 1. The molecule has 2 amide bonds. The Labute approximate surface area is 185 Å². The Balaban J connectivity index is 1.59. The van der Waals surface area contributed by atoms with Gasteiger partial charge in [0.15, 0.2) is 0 Å². The van der Waals surface area contributed by atoms with E-state index in [2.05, 4.69) is 15.5 Å². The first-order valence-electron chi connectivity index (χ1n) is 10.3. The highest BCUT2D eigenvalue weighted by Crippen LogP contribution is 2.28. The molecule has 0 aliphatic carbocycles. The summed E-state index contributed by atoms with van der Waals surface area (Å²) in [5.41, 5.74) is 2.00. The number of carbonyl (C=O) groups excluding carboxylic acids is 3. The molecule has 2 heterocycles. The van der Waals surface area contributed by atoms with Gasteiger partial charge in [-0.15, -0.1) is 10.2 Å². The summed E-state index contributed by atoms with van der Waals surface area (Å²) in [5, 5.41) is 12.1. The number of rotatable bonds is 8. The lowest BCUT2D eigenvalue weighted by atomic mass is 10.2. The predicted molar refractivity (Wildman–Crippen MR) is 119 cm³/mol. The second kappa shape index (κ2) is 10.3. The molecule has 166 valence electrons. The Morgan fingerprint density at radius 1 is 1.19 bits per heavy atom. The topological polar surface area (TPSA) is 105 Å². The van der Waals surface area contributed by atoms with Crippen LogP contribution in [0.25, 0.3) is 10.6 Å². The molecule has 9 nitrogen and oxygen atoms in total.